The molecule has 3 N–H and O–H groups in total. The summed E-state index contributed by atoms with van der Waals surface area (Å²) in [5, 5.41) is 3.13. The quantitative estimate of drug-likeness (QED) is 0.304. The van der Waals surface area contributed by atoms with Gasteiger partial charge in [-0.3, -0.25) is 4.99 Å². The number of nitrogens with zero attached hydrogens (tertiary/aromatic N) is 1. The minimum absolute atomic E-state index is 0. The molecule has 0 aromatic carbocycles. The smallest absolute Gasteiger partial charge is 0.188 e. The van der Waals surface area contributed by atoms with Crippen LogP contribution in [0.3, 0.4) is 0 Å². The predicted octanol–water partition coefficient (Wildman–Crippen LogP) is 2.37. The zero-order valence-electron chi connectivity index (χ0n) is 11.5. The summed E-state index contributed by atoms with van der Waals surface area (Å²) in [5.41, 5.74) is 5.71. The summed E-state index contributed by atoms with van der Waals surface area (Å²) in [6, 6.07) is 0.390. The van der Waals surface area contributed by atoms with Gasteiger partial charge in [-0.25, -0.2) is 0 Å². The molecule has 104 valence electrons. The lowest BCUT2D eigenvalue weighted by molar-refractivity contribution is 0.109. The molecule has 0 aliphatic rings. The molecular formula is C12H28IN3O. The van der Waals surface area contributed by atoms with Gasteiger partial charge in [-0.15, -0.1) is 24.0 Å². The highest BCUT2D eigenvalue weighted by atomic mass is 127. The molecule has 5 heteroatoms. The Morgan fingerprint density at radius 1 is 1.35 bits per heavy atom. The van der Waals surface area contributed by atoms with Gasteiger partial charge in [0.25, 0.3) is 0 Å². The van der Waals surface area contributed by atoms with Gasteiger partial charge in [-0.1, -0.05) is 20.8 Å². The zero-order valence-corrected chi connectivity index (χ0v) is 13.9. The molecule has 0 bridgehead atoms. The van der Waals surface area contributed by atoms with Gasteiger partial charge < -0.3 is 15.8 Å². The minimum Gasteiger partial charge on any atom is -0.381 e. The van der Waals surface area contributed by atoms with Crippen LogP contribution in [0.1, 0.15) is 40.5 Å². The van der Waals surface area contributed by atoms with Crippen molar-refractivity contribution in [1.29, 1.82) is 0 Å². The Balaban J connectivity index is 0. The maximum atomic E-state index is 5.71. The molecule has 0 spiro atoms. The first-order valence-electron chi connectivity index (χ1n) is 6.20. The van der Waals surface area contributed by atoms with E-state index in [1.165, 1.54) is 0 Å². The first-order valence-corrected chi connectivity index (χ1v) is 6.20. The molecule has 0 heterocycles. The normalized spacial score (nSPS) is 13.4. The monoisotopic (exact) mass is 357 g/mol. The summed E-state index contributed by atoms with van der Waals surface area (Å²) >= 11 is 0. The molecule has 4 nitrogen and oxygen atoms in total. The van der Waals surface area contributed by atoms with Crippen LogP contribution in [0.2, 0.25) is 0 Å². The van der Waals surface area contributed by atoms with Gasteiger partial charge in [-0.2, -0.15) is 0 Å². The van der Waals surface area contributed by atoms with Crippen molar-refractivity contribution in [3.05, 3.63) is 0 Å². The van der Waals surface area contributed by atoms with Crippen molar-refractivity contribution in [2.45, 2.75) is 46.6 Å². The largest absolute Gasteiger partial charge is 0.381 e. The van der Waals surface area contributed by atoms with Crippen molar-refractivity contribution in [2.24, 2.45) is 16.6 Å². The molecular weight excluding hydrogens is 329 g/mol. The van der Waals surface area contributed by atoms with Crippen LogP contribution in [0, 0.1) is 5.92 Å². The van der Waals surface area contributed by atoms with Crippen molar-refractivity contribution in [2.75, 3.05) is 19.8 Å². The number of hydrogen-bond acceptors (Lipinski definition) is 2. The second-order valence-electron chi connectivity index (χ2n) is 4.54. The molecule has 0 fully saturated rings. The highest BCUT2D eigenvalue weighted by Gasteiger charge is 1.98. The van der Waals surface area contributed by atoms with Crippen LogP contribution in [0.25, 0.3) is 0 Å². The van der Waals surface area contributed by atoms with Crippen LogP contribution in [-0.2, 0) is 4.74 Å². The van der Waals surface area contributed by atoms with Crippen molar-refractivity contribution in [3.63, 3.8) is 0 Å². The molecule has 0 saturated carbocycles. The maximum Gasteiger partial charge on any atom is 0.188 e. The standard InChI is InChI=1S/C12H27N3O.HI/c1-5-11(4)15-12(13)14-7-6-8-16-9-10(2)3;/h10-11H,5-9H2,1-4H3,(H3,13,14,15);1H. The molecule has 0 aliphatic heterocycles. The van der Waals surface area contributed by atoms with Crippen LogP contribution in [0.15, 0.2) is 4.99 Å². The number of nitrogens with one attached hydrogen (secondary N) is 1. The average molecular weight is 357 g/mol. The number of guanidine groups is 1. The Morgan fingerprint density at radius 2 is 2.00 bits per heavy atom. The van der Waals surface area contributed by atoms with Gasteiger partial charge in [0.05, 0.1) is 0 Å². The van der Waals surface area contributed by atoms with E-state index in [2.05, 4.69) is 38.0 Å². The first kappa shape index (κ1) is 19.3. The molecule has 1 unspecified atom stereocenters. The van der Waals surface area contributed by atoms with Crippen LogP contribution in [0.4, 0.5) is 0 Å². The third kappa shape index (κ3) is 13.9. The van der Waals surface area contributed by atoms with Gasteiger partial charge in [0.1, 0.15) is 0 Å². The van der Waals surface area contributed by atoms with Gasteiger partial charge in [0.2, 0.25) is 0 Å². The summed E-state index contributed by atoms with van der Waals surface area (Å²) in [6.07, 6.45) is 1.98. The number of hydrogen-bond donors (Lipinski definition) is 2. The SMILES string of the molecule is CCC(C)NC(N)=NCCCOCC(C)C.I. The summed E-state index contributed by atoms with van der Waals surface area (Å²) in [6.45, 7) is 10.8. The zero-order chi connectivity index (χ0) is 12.4. The Bertz CT molecular complexity index is 198. The lowest BCUT2D eigenvalue weighted by atomic mass is 10.2. The minimum atomic E-state index is 0. The number of rotatable bonds is 8. The number of aliphatic imine (C=N–C) groups is 1. The van der Waals surface area contributed by atoms with E-state index in [-0.39, 0.29) is 24.0 Å². The summed E-state index contributed by atoms with van der Waals surface area (Å²) in [4.78, 5) is 4.23. The van der Waals surface area contributed by atoms with E-state index < -0.39 is 0 Å². The summed E-state index contributed by atoms with van der Waals surface area (Å²) in [5.74, 6) is 1.14. The molecule has 1 atom stereocenters. The molecule has 0 aromatic rings. The summed E-state index contributed by atoms with van der Waals surface area (Å²) < 4.78 is 5.45. The van der Waals surface area contributed by atoms with Crippen molar-refractivity contribution in [1.82, 2.24) is 5.32 Å². The molecule has 0 radical (unpaired) electrons. The van der Waals surface area contributed by atoms with Gasteiger partial charge in [0.15, 0.2) is 5.96 Å². The Hall–Kier alpha value is -0.0400. The lowest BCUT2D eigenvalue weighted by Crippen LogP contribution is -2.38. The maximum absolute atomic E-state index is 5.71. The van der Waals surface area contributed by atoms with Gasteiger partial charge >= 0.3 is 0 Å². The van der Waals surface area contributed by atoms with E-state index in [0.717, 1.165) is 32.6 Å². The van der Waals surface area contributed by atoms with E-state index in [1.54, 1.807) is 0 Å². The third-order valence-corrected chi connectivity index (χ3v) is 2.19. The second-order valence-corrected chi connectivity index (χ2v) is 4.54. The first-order chi connectivity index (χ1) is 7.56. The average Bonchev–Trinajstić information content (AvgIpc) is 2.22. The van der Waals surface area contributed by atoms with E-state index in [1.807, 2.05) is 0 Å². The van der Waals surface area contributed by atoms with Crippen molar-refractivity contribution < 1.29 is 4.74 Å². The lowest BCUT2D eigenvalue weighted by Gasteiger charge is -2.11. The van der Waals surface area contributed by atoms with E-state index >= 15 is 0 Å². The van der Waals surface area contributed by atoms with Crippen LogP contribution in [-0.4, -0.2) is 31.8 Å². The number of halogens is 1. The fourth-order valence-corrected chi connectivity index (χ4v) is 1.09. The fraction of sp³-hybridized carbons (Fsp3) is 0.917. The van der Waals surface area contributed by atoms with Crippen LogP contribution >= 0.6 is 24.0 Å². The molecule has 0 rings (SSSR count). The third-order valence-electron chi connectivity index (χ3n) is 2.19. The molecule has 0 saturated heterocycles. The number of ether oxygens (including phenoxy) is 1. The van der Waals surface area contributed by atoms with E-state index in [9.17, 15) is 0 Å². The highest BCUT2D eigenvalue weighted by Crippen LogP contribution is 1.93. The Morgan fingerprint density at radius 3 is 2.53 bits per heavy atom. The van der Waals surface area contributed by atoms with Crippen molar-refractivity contribution in [3.8, 4) is 0 Å². The molecule has 0 amide bonds. The topological polar surface area (TPSA) is 59.6 Å². The van der Waals surface area contributed by atoms with Crippen LogP contribution < -0.4 is 11.1 Å². The molecule has 0 aromatic heterocycles. The molecule has 17 heavy (non-hydrogen) atoms. The van der Waals surface area contributed by atoms with Gasteiger partial charge in [-0.05, 0) is 25.7 Å². The Labute approximate surface area is 123 Å². The Kier molecular flexibility index (Phi) is 14.1. The molecule has 0 aliphatic carbocycles. The van der Waals surface area contributed by atoms with E-state index in [0.29, 0.717) is 17.9 Å². The second kappa shape index (κ2) is 12.4. The van der Waals surface area contributed by atoms with Crippen LogP contribution in [0.5, 0.6) is 0 Å². The fourth-order valence-electron chi connectivity index (χ4n) is 1.09. The number of nitrogens with two attached hydrogens (primary N) is 1. The highest BCUT2D eigenvalue weighted by molar-refractivity contribution is 14.0. The van der Waals surface area contributed by atoms with Gasteiger partial charge in [0, 0.05) is 25.8 Å². The summed E-state index contributed by atoms with van der Waals surface area (Å²) in [7, 11) is 0. The van der Waals surface area contributed by atoms with Crippen molar-refractivity contribution >= 4 is 29.9 Å². The predicted molar refractivity (Wildman–Crippen MR) is 85.1 cm³/mol. The van der Waals surface area contributed by atoms with E-state index in [4.69, 9.17) is 10.5 Å².